The molecule has 0 spiro atoms. The van der Waals surface area contributed by atoms with Crippen LogP contribution >= 0.6 is 0 Å². The first kappa shape index (κ1) is 22.9. The first-order chi connectivity index (χ1) is 16.1. The van der Waals surface area contributed by atoms with Gasteiger partial charge in [0, 0.05) is 32.7 Å². The number of hydrogen-bond donors (Lipinski definition) is 0. The smallest absolute Gasteiger partial charge is 0.338 e. The number of rotatable bonds is 7. The molecule has 0 N–H and O–H groups in total. The van der Waals surface area contributed by atoms with Crippen molar-refractivity contribution in [2.45, 2.75) is 19.4 Å². The molecule has 0 radical (unpaired) electrons. The van der Waals surface area contributed by atoms with Crippen molar-refractivity contribution < 1.29 is 19.1 Å². The van der Waals surface area contributed by atoms with Crippen molar-refractivity contribution in [2.24, 2.45) is 0 Å². The molecule has 2 aliphatic heterocycles. The fourth-order valence-corrected chi connectivity index (χ4v) is 4.29. The van der Waals surface area contributed by atoms with Crippen LogP contribution in [-0.4, -0.2) is 73.0 Å². The Kier molecular flexibility index (Phi) is 7.32. The van der Waals surface area contributed by atoms with Crippen molar-refractivity contribution in [1.82, 2.24) is 9.80 Å². The van der Waals surface area contributed by atoms with Crippen molar-refractivity contribution >= 4 is 29.5 Å². The van der Waals surface area contributed by atoms with E-state index in [-0.39, 0.29) is 18.2 Å². The van der Waals surface area contributed by atoms with E-state index in [9.17, 15) is 14.4 Å². The lowest BCUT2D eigenvalue weighted by molar-refractivity contribution is -0.123. The molecule has 2 amide bonds. The second-order valence-corrected chi connectivity index (χ2v) is 8.20. The molecule has 2 fully saturated rings. The van der Waals surface area contributed by atoms with Crippen molar-refractivity contribution in [1.29, 1.82) is 0 Å². The number of piperazine rings is 1. The summed E-state index contributed by atoms with van der Waals surface area (Å²) in [6.45, 7) is 6.10. The number of ether oxygens (including phenoxy) is 1. The summed E-state index contributed by atoms with van der Waals surface area (Å²) in [6.07, 6.45) is 4.47. The molecular formula is C26H29N3O4. The van der Waals surface area contributed by atoms with E-state index in [0.29, 0.717) is 17.9 Å². The van der Waals surface area contributed by atoms with Crippen molar-refractivity contribution in [3.63, 3.8) is 0 Å². The van der Waals surface area contributed by atoms with E-state index >= 15 is 0 Å². The van der Waals surface area contributed by atoms with Gasteiger partial charge in [-0.3, -0.25) is 19.4 Å². The Bertz CT molecular complexity index is 1010. The van der Waals surface area contributed by atoms with Gasteiger partial charge in [-0.05, 0) is 36.8 Å². The minimum Gasteiger partial charge on any atom is -0.462 e. The van der Waals surface area contributed by atoms with Gasteiger partial charge in [-0.15, -0.1) is 0 Å². The molecule has 2 aromatic carbocycles. The van der Waals surface area contributed by atoms with Crippen molar-refractivity contribution in [3.8, 4) is 0 Å². The molecule has 1 atom stereocenters. The van der Waals surface area contributed by atoms with E-state index < -0.39 is 12.0 Å². The number of esters is 1. The van der Waals surface area contributed by atoms with Crippen LogP contribution in [0.5, 0.6) is 0 Å². The molecule has 0 saturated carbocycles. The SMILES string of the molecule is CCOC(=O)c1ccc(N2C(=O)C[C@H](N3CCN(C/C=C\c4ccccc4)CC3)C2=O)cc1. The molecule has 2 aliphatic rings. The zero-order chi connectivity index (χ0) is 23.2. The molecule has 2 heterocycles. The van der Waals surface area contributed by atoms with Gasteiger partial charge in [-0.2, -0.15) is 0 Å². The maximum atomic E-state index is 13.1. The van der Waals surface area contributed by atoms with Crippen LogP contribution in [0.2, 0.25) is 0 Å². The van der Waals surface area contributed by atoms with Gasteiger partial charge in [0.15, 0.2) is 0 Å². The number of benzene rings is 2. The lowest BCUT2D eigenvalue weighted by atomic mass is 10.1. The van der Waals surface area contributed by atoms with Gasteiger partial charge in [-0.1, -0.05) is 42.5 Å². The molecule has 0 unspecified atom stereocenters. The molecule has 2 aromatic rings. The summed E-state index contributed by atoms with van der Waals surface area (Å²) >= 11 is 0. The second-order valence-electron chi connectivity index (χ2n) is 8.20. The minimum absolute atomic E-state index is 0.187. The minimum atomic E-state index is -0.427. The summed E-state index contributed by atoms with van der Waals surface area (Å²) in [6, 6.07) is 16.2. The molecular weight excluding hydrogens is 418 g/mol. The van der Waals surface area contributed by atoms with Gasteiger partial charge >= 0.3 is 5.97 Å². The highest BCUT2D eigenvalue weighted by molar-refractivity contribution is 6.22. The van der Waals surface area contributed by atoms with Crippen LogP contribution in [0, 0.1) is 0 Å². The van der Waals surface area contributed by atoms with Gasteiger partial charge in [0.1, 0.15) is 0 Å². The molecule has 0 aliphatic carbocycles. The van der Waals surface area contributed by atoms with Gasteiger partial charge < -0.3 is 4.74 Å². The summed E-state index contributed by atoms with van der Waals surface area (Å²) in [5.41, 5.74) is 2.07. The lowest BCUT2D eigenvalue weighted by Gasteiger charge is -2.36. The highest BCUT2D eigenvalue weighted by Crippen LogP contribution is 2.27. The Balaban J connectivity index is 1.32. The van der Waals surface area contributed by atoms with Gasteiger partial charge in [0.25, 0.3) is 5.91 Å². The normalized spacial score (nSPS) is 20.0. The first-order valence-corrected chi connectivity index (χ1v) is 11.4. The summed E-state index contributed by atoms with van der Waals surface area (Å²) in [4.78, 5) is 43.3. The van der Waals surface area contributed by atoms with Crippen LogP contribution < -0.4 is 4.90 Å². The quantitative estimate of drug-likeness (QED) is 0.480. The van der Waals surface area contributed by atoms with E-state index in [0.717, 1.165) is 32.7 Å². The molecule has 7 nitrogen and oxygen atoms in total. The number of imide groups is 1. The molecule has 33 heavy (non-hydrogen) atoms. The number of amides is 2. The predicted octanol–water partition coefficient (Wildman–Crippen LogP) is 2.83. The number of anilines is 1. The van der Waals surface area contributed by atoms with E-state index in [4.69, 9.17) is 4.74 Å². The number of nitrogens with zero attached hydrogens (tertiary/aromatic N) is 3. The topological polar surface area (TPSA) is 70.2 Å². The van der Waals surface area contributed by atoms with Crippen LogP contribution in [0.1, 0.15) is 29.3 Å². The Morgan fingerprint density at radius 2 is 1.70 bits per heavy atom. The molecule has 7 heteroatoms. The van der Waals surface area contributed by atoms with Crippen LogP contribution in [0.3, 0.4) is 0 Å². The first-order valence-electron chi connectivity index (χ1n) is 11.4. The molecule has 2 saturated heterocycles. The summed E-state index contributed by atoms with van der Waals surface area (Å²) in [5.74, 6) is -0.819. The van der Waals surface area contributed by atoms with E-state index in [1.165, 1.54) is 10.5 Å². The fourth-order valence-electron chi connectivity index (χ4n) is 4.29. The average Bonchev–Trinajstić information content (AvgIpc) is 3.14. The third-order valence-electron chi connectivity index (χ3n) is 6.08. The van der Waals surface area contributed by atoms with Crippen LogP contribution in [0.15, 0.2) is 60.7 Å². The van der Waals surface area contributed by atoms with Gasteiger partial charge in [0.05, 0.1) is 30.3 Å². The molecule has 0 aromatic heterocycles. The average molecular weight is 448 g/mol. The highest BCUT2D eigenvalue weighted by Gasteiger charge is 2.43. The van der Waals surface area contributed by atoms with Gasteiger partial charge in [-0.25, -0.2) is 9.69 Å². The van der Waals surface area contributed by atoms with E-state index in [2.05, 4.69) is 34.1 Å². The van der Waals surface area contributed by atoms with Crippen LogP contribution in [-0.2, 0) is 14.3 Å². The van der Waals surface area contributed by atoms with Crippen molar-refractivity contribution in [3.05, 3.63) is 71.8 Å². The maximum absolute atomic E-state index is 13.1. The molecule has 0 bridgehead atoms. The summed E-state index contributed by atoms with van der Waals surface area (Å²) in [5, 5.41) is 0. The third-order valence-corrected chi connectivity index (χ3v) is 6.08. The monoisotopic (exact) mass is 447 g/mol. The Morgan fingerprint density at radius 1 is 1.00 bits per heavy atom. The highest BCUT2D eigenvalue weighted by atomic mass is 16.5. The number of hydrogen-bond acceptors (Lipinski definition) is 6. The standard InChI is InChI=1S/C26H29N3O4/c1-2-33-26(32)21-10-12-22(13-11-21)29-24(30)19-23(25(29)31)28-17-15-27(16-18-28)14-6-9-20-7-4-3-5-8-20/h3-13,23H,2,14-19H2,1H3/b9-6-/t23-/m0/s1. The lowest BCUT2D eigenvalue weighted by Crippen LogP contribution is -2.52. The van der Waals surface area contributed by atoms with Crippen LogP contribution in [0.25, 0.3) is 6.08 Å². The summed E-state index contributed by atoms with van der Waals surface area (Å²) in [7, 11) is 0. The number of carbonyl (C=O) groups is 3. The van der Waals surface area contributed by atoms with E-state index in [1.54, 1.807) is 31.2 Å². The largest absolute Gasteiger partial charge is 0.462 e. The zero-order valence-electron chi connectivity index (χ0n) is 18.9. The van der Waals surface area contributed by atoms with Gasteiger partial charge in [0.2, 0.25) is 5.91 Å². The molecule has 172 valence electrons. The predicted molar refractivity (Wildman–Crippen MR) is 127 cm³/mol. The summed E-state index contributed by atoms with van der Waals surface area (Å²) < 4.78 is 4.99. The maximum Gasteiger partial charge on any atom is 0.338 e. The third kappa shape index (κ3) is 5.38. The van der Waals surface area contributed by atoms with E-state index in [1.807, 2.05) is 18.2 Å². The second kappa shape index (κ2) is 10.6. The Labute approximate surface area is 194 Å². The Morgan fingerprint density at radius 3 is 2.36 bits per heavy atom. The van der Waals surface area contributed by atoms with Crippen LogP contribution in [0.4, 0.5) is 5.69 Å². The number of carbonyl (C=O) groups excluding carboxylic acids is 3. The fraction of sp³-hybridized carbons (Fsp3) is 0.346. The Hall–Kier alpha value is -3.29. The van der Waals surface area contributed by atoms with Crippen molar-refractivity contribution in [2.75, 3.05) is 44.2 Å². The zero-order valence-corrected chi connectivity index (χ0v) is 18.9. The molecule has 4 rings (SSSR count).